The number of esters is 1. The summed E-state index contributed by atoms with van der Waals surface area (Å²) in [6.45, 7) is 2.81. The number of thiophene rings is 1. The van der Waals surface area contributed by atoms with Gasteiger partial charge < -0.3 is 14.4 Å². The highest BCUT2D eigenvalue weighted by atomic mass is 32.2. The average molecular weight is 472 g/mol. The molecule has 0 bridgehead atoms. The van der Waals surface area contributed by atoms with Gasteiger partial charge in [-0.25, -0.2) is 18.2 Å². The van der Waals surface area contributed by atoms with Gasteiger partial charge in [0.05, 0.1) is 7.11 Å². The number of thiazole rings is 1. The molecule has 11 heteroatoms. The fourth-order valence-corrected chi connectivity index (χ4v) is 7.43. The van der Waals surface area contributed by atoms with E-state index in [9.17, 15) is 13.2 Å². The molecule has 0 N–H and O–H groups in total. The molecular formula is C19H25N3O5S3. The van der Waals surface area contributed by atoms with Crippen LogP contribution in [0.4, 0.5) is 0 Å². The molecule has 0 aromatic carbocycles. The molecule has 2 aromatic rings. The van der Waals surface area contributed by atoms with Gasteiger partial charge >= 0.3 is 5.97 Å². The zero-order valence-corrected chi connectivity index (χ0v) is 19.2. The summed E-state index contributed by atoms with van der Waals surface area (Å²) in [5.41, 5.74) is 0. The Morgan fingerprint density at radius 2 is 1.83 bits per heavy atom. The zero-order valence-electron chi connectivity index (χ0n) is 16.7. The summed E-state index contributed by atoms with van der Waals surface area (Å²) >= 11 is 2.61. The second-order valence-corrected chi connectivity index (χ2v) is 11.1. The molecule has 2 aliphatic rings. The summed E-state index contributed by atoms with van der Waals surface area (Å²) in [4.78, 5) is 18.7. The molecule has 2 aromatic heterocycles. The van der Waals surface area contributed by atoms with Crippen LogP contribution in [0.5, 0.6) is 5.19 Å². The summed E-state index contributed by atoms with van der Waals surface area (Å²) in [7, 11) is -2.44. The quantitative estimate of drug-likeness (QED) is 0.599. The SMILES string of the molecule is COC(=O)c1sccc1S(=O)(=O)N1CCC(N2CCC(Oc3nccs3)CC2)CC1. The van der Waals surface area contributed by atoms with Crippen molar-refractivity contribution in [2.24, 2.45) is 0 Å². The minimum Gasteiger partial charge on any atom is -0.467 e. The lowest BCUT2D eigenvalue weighted by Gasteiger charge is -2.41. The minimum atomic E-state index is -3.70. The Morgan fingerprint density at radius 1 is 1.10 bits per heavy atom. The van der Waals surface area contributed by atoms with Crippen molar-refractivity contribution in [3.8, 4) is 5.19 Å². The molecule has 4 rings (SSSR count). The number of likely N-dealkylation sites (tertiary alicyclic amines) is 1. The molecule has 0 aliphatic carbocycles. The van der Waals surface area contributed by atoms with Gasteiger partial charge in [-0.2, -0.15) is 4.31 Å². The summed E-state index contributed by atoms with van der Waals surface area (Å²) < 4.78 is 38.3. The number of rotatable bonds is 6. The third-order valence-corrected chi connectivity index (χ3v) is 9.34. The third-order valence-electron chi connectivity index (χ3n) is 5.71. The van der Waals surface area contributed by atoms with E-state index < -0.39 is 16.0 Å². The second-order valence-electron chi connectivity index (χ2n) is 7.39. The van der Waals surface area contributed by atoms with Crippen molar-refractivity contribution in [3.63, 3.8) is 0 Å². The van der Waals surface area contributed by atoms with Gasteiger partial charge in [-0.3, -0.25) is 0 Å². The molecule has 4 heterocycles. The maximum Gasteiger partial charge on any atom is 0.349 e. The van der Waals surface area contributed by atoms with E-state index in [1.165, 1.54) is 28.8 Å². The van der Waals surface area contributed by atoms with Crippen LogP contribution in [-0.4, -0.2) is 74.0 Å². The smallest absolute Gasteiger partial charge is 0.349 e. The minimum absolute atomic E-state index is 0.0537. The number of hydrogen-bond donors (Lipinski definition) is 0. The van der Waals surface area contributed by atoms with Crippen LogP contribution >= 0.6 is 22.7 Å². The number of piperidine rings is 2. The van der Waals surface area contributed by atoms with Gasteiger partial charge in [-0.15, -0.1) is 11.3 Å². The summed E-state index contributed by atoms with van der Waals surface area (Å²) in [5, 5.41) is 4.26. The molecule has 0 saturated carbocycles. The summed E-state index contributed by atoms with van der Waals surface area (Å²) in [5.74, 6) is -0.610. The lowest BCUT2D eigenvalue weighted by atomic mass is 10.00. The normalized spacial score (nSPS) is 20.3. The van der Waals surface area contributed by atoms with Crippen molar-refractivity contribution >= 4 is 38.7 Å². The summed E-state index contributed by atoms with van der Waals surface area (Å²) in [6.07, 6.45) is 5.43. The molecule has 0 atom stereocenters. The number of aromatic nitrogens is 1. The molecule has 8 nitrogen and oxygen atoms in total. The first-order valence-electron chi connectivity index (χ1n) is 9.95. The van der Waals surface area contributed by atoms with Crippen molar-refractivity contribution in [3.05, 3.63) is 27.9 Å². The van der Waals surface area contributed by atoms with Crippen LogP contribution in [0.1, 0.15) is 35.4 Å². The fraction of sp³-hybridized carbons (Fsp3) is 0.579. The fourth-order valence-electron chi connectivity index (χ4n) is 4.10. The average Bonchev–Trinajstić information content (AvgIpc) is 3.46. The molecule has 0 radical (unpaired) electrons. The van der Waals surface area contributed by atoms with Gasteiger partial charge in [0.2, 0.25) is 10.0 Å². The predicted molar refractivity (Wildman–Crippen MR) is 115 cm³/mol. The predicted octanol–water partition coefficient (Wildman–Crippen LogP) is 2.69. The van der Waals surface area contributed by atoms with Gasteiger partial charge in [0, 0.05) is 43.8 Å². The topological polar surface area (TPSA) is 89.0 Å². The molecule has 2 fully saturated rings. The molecular weight excluding hydrogens is 446 g/mol. The Bertz CT molecular complexity index is 944. The highest BCUT2D eigenvalue weighted by Crippen LogP contribution is 2.30. The Hall–Kier alpha value is -1.53. The van der Waals surface area contributed by atoms with Crippen LogP contribution in [-0.2, 0) is 14.8 Å². The Kier molecular flexibility index (Phi) is 6.73. The van der Waals surface area contributed by atoms with Crippen molar-refractivity contribution in [1.29, 1.82) is 0 Å². The van der Waals surface area contributed by atoms with Crippen LogP contribution in [0.3, 0.4) is 0 Å². The van der Waals surface area contributed by atoms with Crippen molar-refractivity contribution in [2.45, 2.75) is 42.7 Å². The highest BCUT2D eigenvalue weighted by molar-refractivity contribution is 7.89. The molecule has 164 valence electrons. The Morgan fingerprint density at radius 3 is 2.47 bits per heavy atom. The first-order chi connectivity index (χ1) is 14.5. The van der Waals surface area contributed by atoms with Crippen molar-refractivity contribution in [2.75, 3.05) is 33.3 Å². The number of ether oxygens (including phenoxy) is 2. The first kappa shape index (κ1) is 21.7. The van der Waals surface area contributed by atoms with Crippen molar-refractivity contribution < 1.29 is 22.7 Å². The molecule has 2 saturated heterocycles. The largest absolute Gasteiger partial charge is 0.467 e. The Labute approximate surface area is 184 Å². The number of hydrogen-bond acceptors (Lipinski definition) is 9. The molecule has 0 spiro atoms. The third kappa shape index (κ3) is 4.54. The number of methoxy groups -OCH3 is 1. The molecule has 0 unspecified atom stereocenters. The van der Waals surface area contributed by atoms with Gasteiger partial charge in [0.15, 0.2) is 0 Å². The standard InChI is InChI=1S/C19H25N3O5S3/c1-26-18(23)17-16(6-12-28-17)30(24,25)22-10-2-14(3-11-22)21-8-4-15(5-9-21)27-19-20-7-13-29-19/h6-7,12-15H,2-5,8-11H2,1H3. The van der Waals surface area contributed by atoms with Crippen LogP contribution in [0.15, 0.2) is 27.9 Å². The van der Waals surface area contributed by atoms with E-state index >= 15 is 0 Å². The van der Waals surface area contributed by atoms with Gasteiger partial charge in [0.1, 0.15) is 15.9 Å². The van der Waals surface area contributed by atoms with Crippen LogP contribution in [0, 0.1) is 0 Å². The van der Waals surface area contributed by atoms with Crippen LogP contribution in [0.2, 0.25) is 0 Å². The maximum absolute atomic E-state index is 13.1. The van der Waals surface area contributed by atoms with E-state index in [0.29, 0.717) is 19.1 Å². The number of sulfonamides is 1. The maximum atomic E-state index is 13.1. The lowest BCUT2D eigenvalue weighted by molar-refractivity contribution is 0.0579. The van der Waals surface area contributed by atoms with E-state index in [1.807, 2.05) is 5.38 Å². The van der Waals surface area contributed by atoms with E-state index in [-0.39, 0.29) is 15.9 Å². The van der Waals surface area contributed by atoms with Crippen LogP contribution < -0.4 is 4.74 Å². The van der Waals surface area contributed by atoms with E-state index in [1.54, 1.807) is 11.6 Å². The van der Waals surface area contributed by atoms with E-state index in [2.05, 4.69) is 9.88 Å². The van der Waals surface area contributed by atoms with Gasteiger partial charge in [-0.05, 0) is 37.1 Å². The van der Waals surface area contributed by atoms with Gasteiger partial charge in [-0.1, -0.05) is 11.3 Å². The highest BCUT2D eigenvalue weighted by Gasteiger charge is 2.35. The molecule has 2 aliphatic heterocycles. The molecule has 30 heavy (non-hydrogen) atoms. The lowest BCUT2D eigenvalue weighted by Crippen LogP contribution is -2.50. The number of carbonyl (C=O) groups is 1. The van der Waals surface area contributed by atoms with E-state index in [0.717, 1.165) is 55.3 Å². The first-order valence-corrected chi connectivity index (χ1v) is 13.1. The second kappa shape index (κ2) is 9.31. The van der Waals surface area contributed by atoms with Gasteiger partial charge in [0.25, 0.3) is 5.19 Å². The van der Waals surface area contributed by atoms with Crippen LogP contribution in [0.25, 0.3) is 0 Å². The summed E-state index contributed by atoms with van der Waals surface area (Å²) in [6, 6.07) is 1.87. The number of nitrogens with zero attached hydrogens (tertiary/aromatic N) is 3. The van der Waals surface area contributed by atoms with E-state index in [4.69, 9.17) is 9.47 Å². The van der Waals surface area contributed by atoms with Crippen molar-refractivity contribution in [1.82, 2.24) is 14.2 Å². The monoisotopic (exact) mass is 471 g/mol. The Balaban J connectivity index is 1.31. The zero-order chi connectivity index (χ0) is 21.1. The molecule has 0 amide bonds. The number of carbonyl (C=O) groups excluding carboxylic acids is 1.